The van der Waals surface area contributed by atoms with Crippen molar-refractivity contribution >= 4 is 34.7 Å². The third kappa shape index (κ3) is 3.81. The average molecular weight is 390 g/mol. The van der Waals surface area contributed by atoms with E-state index in [4.69, 9.17) is 4.42 Å². The minimum Gasteiger partial charge on any atom is -0.442 e. The quantitative estimate of drug-likeness (QED) is 0.529. The van der Waals surface area contributed by atoms with Crippen molar-refractivity contribution < 1.29 is 14.0 Å². The zero-order valence-corrected chi connectivity index (χ0v) is 15.3. The van der Waals surface area contributed by atoms with E-state index in [1.807, 2.05) is 23.6 Å². The second-order valence-corrected chi connectivity index (χ2v) is 6.66. The number of pyridine rings is 1. The molecule has 0 saturated heterocycles. The van der Waals surface area contributed by atoms with Gasteiger partial charge in [0.25, 0.3) is 11.8 Å². The highest BCUT2D eigenvalue weighted by atomic mass is 32.1. The van der Waals surface area contributed by atoms with E-state index in [-0.39, 0.29) is 11.6 Å². The van der Waals surface area contributed by atoms with E-state index in [0.717, 1.165) is 4.88 Å². The monoisotopic (exact) mass is 390 g/mol. The summed E-state index contributed by atoms with van der Waals surface area (Å²) in [4.78, 5) is 33.6. The predicted octanol–water partition coefficient (Wildman–Crippen LogP) is 4.30. The molecular weight excluding hydrogens is 376 g/mol. The number of benzene rings is 1. The number of oxazole rings is 1. The van der Waals surface area contributed by atoms with Gasteiger partial charge in [-0.2, -0.15) is 0 Å². The Morgan fingerprint density at radius 3 is 2.46 bits per heavy atom. The summed E-state index contributed by atoms with van der Waals surface area (Å²) in [6.07, 6.45) is 2.70. The molecule has 7 nitrogen and oxygen atoms in total. The van der Waals surface area contributed by atoms with E-state index >= 15 is 0 Å². The summed E-state index contributed by atoms with van der Waals surface area (Å²) < 4.78 is 5.35. The molecule has 28 heavy (non-hydrogen) atoms. The van der Waals surface area contributed by atoms with E-state index in [1.54, 1.807) is 36.4 Å². The second kappa shape index (κ2) is 7.85. The van der Waals surface area contributed by atoms with Crippen molar-refractivity contribution in [1.29, 1.82) is 0 Å². The summed E-state index contributed by atoms with van der Waals surface area (Å²) >= 11 is 1.46. The molecule has 0 fully saturated rings. The van der Waals surface area contributed by atoms with E-state index in [2.05, 4.69) is 20.6 Å². The highest BCUT2D eigenvalue weighted by molar-refractivity contribution is 7.13. The number of hydrogen-bond acceptors (Lipinski definition) is 6. The molecule has 4 aromatic rings. The molecule has 138 valence electrons. The van der Waals surface area contributed by atoms with Crippen LogP contribution in [0.25, 0.3) is 10.6 Å². The number of aromatic nitrogens is 2. The molecule has 0 saturated carbocycles. The standard InChI is InChI=1S/C20H14N4O3S/c25-19(13-5-2-1-3-6-13)24-16-9-8-14(11-21-16)23-20(26)17-18(27-12-22-17)15-7-4-10-28-15/h1-12H,(H,23,26)(H,21,24,25). The maximum atomic E-state index is 12.5. The van der Waals surface area contributed by atoms with Gasteiger partial charge in [-0.3, -0.25) is 9.59 Å². The second-order valence-electron chi connectivity index (χ2n) is 5.71. The third-order valence-corrected chi connectivity index (χ3v) is 4.70. The van der Waals surface area contributed by atoms with Gasteiger partial charge in [0.2, 0.25) is 0 Å². The zero-order valence-electron chi connectivity index (χ0n) is 14.5. The van der Waals surface area contributed by atoms with Crippen LogP contribution in [0.1, 0.15) is 20.8 Å². The first-order chi connectivity index (χ1) is 13.7. The zero-order chi connectivity index (χ0) is 19.3. The van der Waals surface area contributed by atoms with E-state index in [1.165, 1.54) is 23.9 Å². The largest absolute Gasteiger partial charge is 0.442 e. The SMILES string of the molecule is O=C(Nc1ccc(NC(=O)c2ncoc2-c2cccs2)cn1)c1ccccc1. The molecule has 0 atom stereocenters. The molecule has 0 aliphatic rings. The lowest BCUT2D eigenvalue weighted by Crippen LogP contribution is -2.15. The molecular formula is C20H14N4O3S. The fourth-order valence-electron chi connectivity index (χ4n) is 2.50. The molecule has 4 rings (SSSR count). The van der Waals surface area contributed by atoms with Crippen LogP contribution in [0.4, 0.5) is 11.5 Å². The topological polar surface area (TPSA) is 97.1 Å². The van der Waals surface area contributed by atoms with Crippen LogP contribution in [0.2, 0.25) is 0 Å². The number of anilines is 2. The normalized spacial score (nSPS) is 10.4. The molecule has 2 amide bonds. The van der Waals surface area contributed by atoms with Crippen molar-refractivity contribution in [1.82, 2.24) is 9.97 Å². The number of rotatable bonds is 5. The number of carbonyl (C=O) groups excluding carboxylic acids is 2. The van der Waals surface area contributed by atoms with Crippen LogP contribution in [-0.4, -0.2) is 21.8 Å². The Morgan fingerprint density at radius 2 is 1.75 bits per heavy atom. The molecule has 0 radical (unpaired) electrons. The highest BCUT2D eigenvalue weighted by Crippen LogP contribution is 2.28. The Bertz CT molecular complexity index is 1090. The number of hydrogen-bond donors (Lipinski definition) is 2. The number of amides is 2. The first-order valence-corrected chi connectivity index (χ1v) is 9.20. The number of nitrogens with zero attached hydrogens (tertiary/aromatic N) is 2. The molecule has 2 N–H and O–H groups in total. The Labute approximate surface area is 164 Å². The van der Waals surface area contributed by atoms with Gasteiger partial charge in [0, 0.05) is 5.56 Å². The fraction of sp³-hybridized carbons (Fsp3) is 0. The van der Waals surface area contributed by atoms with Gasteiger partial charge in [-0.25, -0.2) is 9.97 Å². The molecule has 8 heteroatoms. The number of carbonyl (C=O) groups is 2. The Hall–Kier alpha value is -3.78. The minimum absolute atomic E-state index is 0.198. The first kappa shape index (κ1) is 17.6. The van der Waals surface area contributed by atoms with Crippen molar-refractivity contribution in [3.05, 3.63) is 83.8 Å². The van der Waals surface area contributed by atoms with Gasteiger partial charge in [0.1, 0.15) is 5.82 Å². The van der Waals surface area contributed by atoms with Crippen LogP contribution in [0.3, 0.4) is 0 Å². The van der Waals surface area contributed by atoms with E-state index in [0.29, 0.717) is 22.8 Å². The summed E-state index contributed by atoms with van der Waals surface area (Å²) in [6.45, 7) is 0. The van der Waals surface area contributed by atoms with Gasteiger partial charge < -0.3 is 15.1 Å². The molecule has 3 heterocycles. The maximum Gasteiger partial charge on any atom is 0.278 e. The van der Waals surface area contributed by atoms with Gasteiger partial charge >= 0.3 is 0 Å². The van der Waals surface area contributed by atoms with Crippen LogP contribution in [0, 0.1) is 0 Å². The maximum absolute atomic E-state index is 12.5. The summed E-state index contributed by atoms with van der Waals surface area (Å²) in [6, 6.07) is 15.8. The van der Waals surface area contributed by atoms with Gasteiger partial charge in [-0.05, 0) is 35.7 Å². The molecule has 0 bridgehead atoms. The van der Waals surface area contributed by atoms with E-state index in [9.17, 15) is 9.59 Å². The smallest absolute Gasteiger partial charge is 0.278 e. The summed E-state index contributed by atoms with van der Waals surface area (Å²) in [5.41, 5.74) is 1.21. The summed E-state index contributed by atoms with van der Waals surface area (Å²) in [5, 5.41) is 7.33. The lowest BCUT2D eigenvalue weighted by atomic mass is 10.2. The Balaban J connectivity index is 1.43. The highest BCUT2D eigenvalue weighted by Gasteiger charge is 2.19. The minimum atomic E-state index is -0.403. The molecule has 0 aliphatic carbocycles. The van der Waals surface area contributed by atoms with Crippen molar-refractivity contribution in [2.24, 2.45) is 0 Å². The van der Waals surface area contributed by atoms with Gasteiger partial charge in [-0.1, -0.05) is 24.3 Å². The van der Waals surface area contributed by atoms with Crippen LogP contribution < -0.4 is 10.6 Å². The van der Waals surface area contributed by atoms with Crippen molar-refractivity contribution in [2.75, 3.05) is 10.6 Å². The van der Waals surface area contributed by atoms with Gasteiger partial charge in [0.05, 0.1) is 16.8 Å². The molecule has 0 aliphatic heterocycles. The Kier molecular flexibility index (Phi) is 4.94. The average Bonchev–Trinajstić information content (AvgIpc) is 3.41. The lowest BCUT2D eigenvalue weighted by molar-refractivity contribution is 0.101. The predicted molar refractivity (Wildman–Crippen MR) is 106 cm³/mol. The molecule has 1 aromatic carbocycles. The van der Waals surface area contributed by atoms with E-state index < -0.39 is 5.91 Å². The first-order valence-electron chi connectivity index (χ1n) is 8.32. The van der Waals surface area contributed by atoms with Crippen LogP contribution in [0.15, 0.2) is 77.0 Å². The van der Waals surface area contributed by atoms with Crippen molar-refractivity contribution in [3.63, 3.8) is 0 Å². The van der Waals surface area contributed by atoms with Crippen LogP contribution in [-0.2, 0) is 0 Å². The molecule has 0 spiro atoms. The van der Waals surface area contributed by atoms with Crippen LogP contribution in [0.5, 0.6) is 0 Å². The fourth-order valence-corrected chi connectivity index (χ4v) is 3.21. The van der Waals surface area contributed by atoms with Crippen LogP contribution >= 0.6 is 11.3 Å². The van der Waals surface area contributed by atoms with Crippen molar-refractivity contribution in [2.45, 2.75) is 0 Å². The third-order valence-electron chi connectivity index (χ3n) is 3.83. The molecule has 0 unspecified atom stereocenters. The van der Waals surface area contributed by atoms with Gasteiger partial charge in [-0.15, -0.1) is 11.3 Å². The Morgan fingerprint density at radius 1 is 0.893 bits per heavy atom. The van der Waals surface area contributed by atoms with Gasteiger partial charge in [0.15, 0.2) is 17.8 Å². The lowest BCUT2D eigenvalue weighted by Gasteiger charge is -2.07. The molecule has 3 aromatic heterocycles. The summed E-state index contributed by atoms with van der Waals surface area (Å²) in [5.74, 6) is 0.146. The summed E-state index contributed by atoms with van der Waals surface area (Å²) in [7, 11) is 0. The van der Waals surface area contributed by atoms with Crippen molar-refractivity contribution in [3.8, 4) is 10.6 Å². The number of nitrogens with one attached hydrogen (secondary N) is 2. The number of thiophene rings is 1.